The van der Waals surface area contributed by atoms with Crippen LogP contribution < -0.4 is 20.7 Å². The zero-order valence-electron chi connectivity index (χ0n) is 13.3. The lowest BCUT2D eigenvalue weighted by Crippen LogP contribution is -2.45. The Balaban J connectivity index is 1.93. The highest BCUT2D eigenvalue weighted by molar-refractivity contribution is 7.80. The average molecular weight is 359 g/mol. The number of carbonyl (C=O) groups is 1. The number of nitrogens with one attached hydrogen (secondary N) is 3. The van der Waals surface area contributed by atoms with Gasteiger partial charge in [0.05, 0.1) is 24.4 Å². The zero-order valence-corrected chi connectivity index (χ0v) is 14.9. The van der Waals surface area contributed by atoms with E-state index < -0.39 is 0 Å². The van der Waals surface area contributed by atoms with E-state index in [2.05, 4.69) is 16.0 Å². The Morgan fingerprint density at radius 2 is 2.08 bits per heavy atom. The van der Waals surface area contributed by atoms with Crippen LogP contribution in [0.15, 0.2) is 53.0 Å². The summed E-state index contributed by atoms with van der Waals surface area (Å²) in [6, 6.07) is 11.0. The Hall–Kier alpha value is -2.38. The average Bonchev–Trinajstić information content (AvgIpc) is 3.08. The van der Waals surface area contributed by atoms with E-state index in [1.807, 2.05) is 36.6 Å². The molecule has 7 heteroatoms. The van der Waals surface area contributed by atoms with Crippen LogP contribution in [0.4, 0.5) is 5.69 Å². The number of thiophene rings is 1. The van der Waals surface area contributed by atoms with Gasteiger partial charge in [-0.1, -0.05) is 18.2 Å². The van der Waals surface area contributed by atoms with Crippen molar-refractivity contribution in [1.29, 1.82) is 0 Å². The molecule has 0 bridgehead atoms. The van der Waals surface area contributed by atoms with Gasteiger partial charge in [0, 0.05) is 10.6 Å². The van der Waals surface area contributed by atoms with Gasteiger partial charge >= 0.3 is 0 Å². The number of ether oxygens (including phenoxy) is 1. The lowest BCUT2D eigenvalue weighted by atomic mass is 10.0. The normalized spacial score (nSPS) is 17.1. The van der Waals surface area contributed by atoms with Gasteiger partial charge in [-0.3, -0.25) is 4.79 Å². The second-order valence-corrected chi connectivity index (χ2v) is 6.63. The van der Waals surface area contributed by atoms with Gasteiger partial charge in [-0.2, -0.15) is 0 Å². The van der Waals surface area contributed by atoms with Gasteiger partial charge in [-0.15, -0.1) is 11.3 Å². The number of allylic oxidation sites excluding steroid dienone is 1. The maximum absolute atomic E-state index is 12.9. The number of thiocarbonyl (C=S) groups is 1. The second-order valence-electron chi connectivity index (χ2n) is 5.24. The van der Waals surface area contributed by atoms with E-state index in [-0.39, 0.29) is 11.9 Å². The first-order valence-corrected chi connectivity index (χ1v) is 8.65. The van der Waals surface area contributed by atoms with E-state index in [0.717, 1.165) is 10.6 Å². The van der Waals surface area contributed by atoms with Crippen LogP contribution in [0.2, 0.25) is 0 Å². The van der Waals surface area contributed by atoms with E-state index in [1.165, 1.54) is 0 Å². The molecule has 5 nitrogen and oxygen atoms in total. The van der Waals surface area contributed by atoms with Crippen LogP contribution in [0.3, 0.4) is 0 Å². The van der Waals surface area contributed by atoms with Crippen LogP contribution in [0.5, 0.6) is 5.75 Å². The molecular formula is C17H17N3O2S2. The molecule has 1 aromatic heterocycles. The quantitative estimate of drug-likeness (QED) is 0.732. The van der Waals surface area contributed by atoms with E-state index >= 15 is 0 Å². The molecule has 1 atom stereocenters. The summed E-state index contributed by atoms with van der Waals surface area (Å²) in [5.74, 6) is 0.418. The molecule has 0 radical (unpaired) electrons. The smallest absolute Gasteiger partial charge is 0.255 e. The number of rotatable bonds is 4. The van der Waals surface area contributed by atoms with Crippen molar-refractivity contribution in [2.45, 2.75) is 13.0 Å². The fourth-order valence-corrected chi connectivity index (χ4v) is 3.66. The maximum Gasteiger partial charge on any atom is 0.255 e. The lowest BCUT2D eigenvalue weighted by molar-refractivity contribution is -0.113. The van der Waals surface area contributed by atoms with Gasteiger partial charge in [-0.05, 0) is 42.7 Å². The molecule has 1 aliphatic rings. The van der Waals surface area contributed by atoms with E-state index in [4.69, 9.17) is 17.0 Å². The number of methoxy groups -OCH3 is 1. The molecule has 3 rings (SSSR count). The van der Waals surface area contributed by atoms with Crippen molar-refractivity contribution in [2.75, 3.05) is 12.4 Å². The number of amides is 1. The molecule has 0 saturated carbocycles. The summed E-state index contributed by atoms with van der Waals surface area (Å²) in [4.78, 5) is 13.9. The van der Waals surface area contributed by atoms with Crippen molar-refractivity contribution in [1.82, 2.24) is 10.6 Å². The summed E-state index contributed by atoms with van der Waals surface area (Å²) < 4.78 is 5.30. The fraction of sp³-hybridized carbons (Fsp3) is 0.176. The Kier molecular flexibility index (Phi) is 4.82. The molecule has 0 aliphatic carbocycles. The van der Waals surface area contributed by atoms with Gasteiger partial charge in [0.1, 0.15) is 5.75 Å². The molecule has 124 valence electrons. The number of para-hydroxylation sites is 2. The monoisotopic (exact) mass is 359 g/mol. The molecular weight excluding hydrogens is 342 g/mol. The third kappa shape index (κ3) is 3.27. The molecule has 0 fully saturated rings. The Morgan fingerprint density at radius 3 is 2.79 bits per heavy atom. The van der Waals surface area contributed by atoms with Crippen molar-refractivity contribution < 1.29 is 9.53 Å². The third-order valence-corrected chi connectivity index (χ3v) is 4.85. The lowest BCUT2D eigenvalue weighted by Gasteiger charge is -2.29. The first kappa shape index (κ1) is 16.5. The summed E-state index contributed by atoms with van der Waals surface area (Å²) in [5, 5.41) is 11.6. The zero-order chi connectivity index (χ0) is 17.1. The standard InChI is InChI=1S/C17H17N3O2S2/c1-10-14(15(20-17(23)18-10)13-8-5-9-24-13)16(21)19-11-6-3-4-7-12(11)22-2/h3-9,15H,1-2H3,(H,19,21)(H2,18,20,23). The van der Waals surface area contributed by atoms with Crippen LogP contribution in [-0.2, 0) is 4.79 Å². The minimum Gasteiger partial charge on any atom is -0.495 e. The van der Waals surface area contributed by atoms with Gasteiger partial charge in [0.25, 0.3) is 5.91 Å². The maximum atomic E-state index is 12.9. The molecule has 24 heavy (non-hydrogen) atoms. The van der Waals surface area contributed by atoms with Crippen LogP contribution in [-0.4, -0.2) is 18.1 Å². The second kappa shape index (κ2) is 7.02. The van der Waals surface area contributed by atoms with Crippen LogP contribution >= 0.6 is 23.6 Å². The molecule has 1 aliphatic heterocycles. The highest BCUT2D eigenvalue weighted by Crippen LogP contribution is 2.31. The topological polar surface area (TPSA) is 62.4 Å². The molecule has 3 N–H and O–H groups in total. The van der Waals surface area contributed by atoms with Crippen molar-refractivity contribution >= 4 is 40.3 Å². The van der Waals surface area contributed by atoms with Crippen molar-refractivity contribution in [2.24, 2.45) is 0 Å². The Morgan fingerprint density at radius 1 is 1.29 bits per heavy atom. The van der Waals surface area contributed by atoms with E-state index in [1.54, 1.807) is 30.6 Å². The Labute approximate surface area is 149 Å². The first-order chi connectivity index (χ1) is 11.6. The summed E-state index contributed by atoms with van der Waals surface area (Å²) in [7, 11) is 1.58. The predicted molar refractivity (Wildman–Crippen MR) is 100 cm³/mol. The van der Waals surface area contributed by atoms with Gasteiger partial charge in [0.15, 0.2) is 5.11 Å². The largest absolute Gasteiger partial charge is 0.495 e. The first-order valence-electron chi connectivity index (χ1n) is 7.36. The van der Waals surface area contributed by atoms with Gasteiger partial charge in [0.2, 0.25) is 0 Å². The van der Waals surface area contributed by atoms with E-state index in [0.29, 0.717) is 22.1 Å². The van der Waals surface area contributed by atoms with Gasteiger partial charge < -0.3 is 20.7 Å². The summed E-state index contributed by atoms with van der Waals surface area (Å²) in [6.07, 6.45) is 0. The summed E-state index contributed by atoms with van der Waals surface area (Å²) in [6.45, 7) is 1.85. The van der Waals surface area contributed by atoms with Crippen molar-refractivity contribution in [3.8, 4) is 5.75 Å². The van der Waals surface area contributed by atoms with Crippen LogP contribution in [0.1, 0.15) is 17.8 Å². The van der Waals surface area contributed by atoms with Crippen molar-refractivity contribution in [3.05, 3.63) is 57.9 Å². The SMILES string of the molecule is COc1ccccc1NC(=O)C1=C(C)NC(=S)NC1c1cccs1. The van der Waals surface area contributed by atoms with Crippen LogP contribution in [0.25, 0.3) is 0 Å². The third-order valence-electron chi connectivity index (χ3n) is 3.70. The minimum absolute atomic E-state index is 0.196. The summed E-state index contributed by atoms with van der Waals surface area (Å²) >= 11 is 6.82. The predicted octanol–water partition coefficient (Wildman–Crippen LogP) is 3.19. The number of carbonyl (C=O) groups excluding carboxylic acids is 1. The molecule has 0 saturated heterocycles. The number of hydrogen-bond donors (Lipinski definition) is 3. The number of hydrogen-bond acceptors (Lipinski definition) is 4. The molecule has 1 aromatic carbocycles. The Bertz CT molecular complexity index is 800. The summed E-state index contributed by atoms with van der Waals surface area (Å²) in [5.41, 5.74) is 1.98. The number of benzene rings is 1. The van der Waals surface area contributed by atoms with Crippen LogP contribution in [0, 0.1) is 0 Å². The molecule has 2 heterocycles. The molecule has 2 aromatic rings. The van der Waals surface area contributed by atoms with Gasteiger partial charge in [-0.25, -0.2) is 0 Å². The fourth-order valence-electron chi connectivity index (χ4n) is 2.60. The number of anilines is 1. The minimum atomic E-state index is -0.270. The molecule has 1 unspecified atom stereocenters. The van der Waals surface area contributed by atoms with E-state index in [9.17, 15) is 4.79 Å². The highest BCUT2D eigenvalue weighted by atomic mass is 32.1. The molecule has 1 amide bonds. The van der Waals surface area contributed by atoms with Crippen molar-refractivity contribution in [3.63, 3.8) is 0 Å². The molecule has 0 spiro atoms. The highest BCUT2D eigenvalue weighted by Gasteiger charge is 2.30.